The van der Waals surface area contributed by atoms with Gasteiger partial charge in [0, 0.05) is 0 Å². The van der Waals surface area contributed by atoms with Gasteiger partial charge in [-0.1, -0.05) is 13.3 Å². The molecule has 4 heteroatoms. The molecule has 13 heavy (non-hydrogen) atoms. The summed E-state index contributed by atoms with van der Waals surface area (Å²) >= 11 is 0. The lowest BCUT2D eigenvalue weighted by Gasteiger charge is -2.36. The minimum Gasteiger partial charge on any atom is -0.380 e. The first kappa shape index (κ1) is 10.8. The summed E-state index contributed by atoms with van der Waals surface area (Å²) in [5.41, 5.74) is -2.40. The van der Waals surface area contributed by atoms with Crippen molar-refractivity contribution in [3.8, 4) is 0 Å². The van der Waals surface area contributed by atoms with Crippen LogP contribution in [0.4, 0.5) is 13.2 Å². The van der Waals surface area contributed by atoms with Gasteiger partial charge >= 0.3 is 6.18 Å². The summed E-state index contributed by atoms with van der Waals surface area (Å²) in [6, 6.07) is 0. The van der Waals surface area contributed by atoms with Gasteiger partial charge in [-0.3, -0.25) is 0 Å². The standard InChI is InChI=1S/C9H15F3O/c1-2-7-3-5-8(13,6-4-7)9(10,11)12/h7,13H,2-6H2,1H3. The van der Waals surface area contributed by atoms with Crippen molar-refractivity contribution in [1.82, 2.24) is 0 Å². The molecule has 0 atom stereocenters. The number of aliphatic hydroxyl groups is 1. The first-order chi connectivity index (χ1) is 5.89. The Hall–Kier alpha value is -0.250. The molecule has 78 valence electrons. The molecule has 0 heterocycles. The molecular weight excluding hydrogens is 181 g/mol. The quantitative estimate of drug-likeness (QED) is 0.683. The molecule has 0 unspecified atom stereocenters. The summed E-state index contributed by atoms with van der Waals surface area (Å²) in [4.78, 5) is 0. The smallest absolute Gasteiger partial charge is 0.380 e. The predicted octanol–water partition coefficient (Wildman–Crippen LogP) is 2.88. The topological polar surface area (TPSA) is 20.2 Å². The number of hydrogen-bond donors (Lipinski definition) is 1. The first-order valence-corrected chi connectivity index (χ1v) is 4.68. The van der Waals surface area contributed by atoms with Crippen LogP contribution < -0.4 is 0 Å². The van der Waals surface area contributed by atoms with E-state index in [2.05, 4.69) is 0 Å². The first-order valence-electron chi connectivity index (χ1n) is 4.68. The lowest BCUT2D eigenvalue weighted by atomic mass is 9.77. The van der Waals surface area contributed by atoms with Crippen LogP contribution in [-0.2, 0) is 0 Å². The van der Waals surface area contributed by atoms with Crippen LogP contribution in [0.25, 0.3) is 0 Å². The Morgan fingerprint density at radius 3 is 2.08 bits per heavy atom. The fourth-order valence-corrected chi connectivity index (χ4v) is 1.85. The largest absolute Gasteiger partial charge is 0.417 e. The van der Waals surface area contributed by atoms with E-state index in [0.29, 0.717) is 18.8 Å². The van der Waals surface area contributed by atoms with E-state index in [1.807, 2.05) is 6.92 Å². The van der Waals surface area contributed by atoms with Crippen molar-refractivity contribution in [2.45, 2.75) is 50.8 Å². The third-order valence-corrected chi connectivity index (χ3v) is 3.04. The molecule has 0 aromatic carbocycles. The van der Waals surface area contributed by atoms with Gasteiger partial charge in [0.15, 0.2) is 5.60 Å². The van der Waals surface area contributed by atoms with E-state index in [9.17, 15) is 18.3 Å². The predicted molar refractivity (Wildman–Crippen MR) is 43.3 cm³/mol. The minimum atomic E-state index is -4.45. The van der Waals surface area contributed by atoms with Gasteiger partial charge in [-0.15, -0.1) is 0 Å². The molecule has 0 amide bonds. The Balaban J connectivity index is 2.57. The van der Waals surface area contributed by atoms with Crippen LogP contribution in [0.1, 0.15) is 39.0 Å². The molecular formula is C9H15F3O. The zero-order valence-electron chi connectivity index (χ0n) is 7.69. The van der Waals surface area contributed by atoms with Crippen LogP contribution in [0, 0.1) is 5.92 Å². The highest BCUT2D eigenvalue weighted by Crippen LogP contribution is 2.43. The van der Waals surface area contributed by atoms with E-state index in [1.165, 1.54) is 0 Å². The van der Waals surface area contributed by atoms with Crippen molar-refractivity contribution in [3.63, 3.8) is 0 Å². The molecule has 0 aliphatic heterocycles. The number of alkyl halides is 3. The molecule has 0 bridgehead atoms. The summed E-state index contributed by atoms with van der Waals surface area (Å²) in [5.74, 6) is 0.364. The average molecular weight is 196 g/mol. The number of rotatable bonds is 1. The number of halogens is 3. The Bertz CT molecular complexity index is 168. The summed E-state index contributed by atoms with van der Waals surface area (Å²) in [5, 5.41) is 9.30. The molecule has 0 saturated heterocycles. The van der Waals surface area contributed by atoms with E-state index in [0.717, 1.165) is 6.42 Å². The van der Waals surface area contributed by atoms with Crippen LogP contribution in [0.15, 0.2) is 0 Å². The van der Waals surface area contributed by atoms with Crippen LogP contribution in [-0.4, -0.2) is 16.9 Å². The van der Waals surface area contributed by atoms with Gasteiger partial charge in [0.25, 0.3) is 0 Å². The molecule has 0 aromatic rings. The van der Waals surface area contributed by atoms with Gasteiger partial charge in [-0.2, -0.15) is 13.2 Å². The molecule has 1 aliphatic rings. The third kappa shape index (κ3) is 2.16. The van der Waals surface area contributed by atoms with Crippen molar-refractivity contribution in [3.05, 3.63) is 0 Å². The lowest BCUT2D eigenvalue weighted by Crippen LogP contribution is -2.47. The van der Waals surface area contributed by atoms with Crippen molar-refractivity contribution < 1.29 is 18.3 Å². The molecule has 0 radical (unpaired) electrons. The Labute approximate surface area is 75.9 Å². The van der Waals surface area contributed by atoms with E-state index >= 15 is 0 Å². The molecule has 1 rings (SSSR count). The molecule has 1 N–H and O–H groups in total. The summed E-state index contributed by atoms with van der Waals surface area (Å²) in [6.45, 7) is 1.97. The molecule has 1 aliphatic carbocycles. The van der Waals surface area contributed by atoms with E-state index < -0.39 is 11.8 Å². The van der Waals surface area contributed by atoms with Gasteiger partial charge < -0.3 is 5.11 Å². The van der Waals surface area contributed by atoms with Crippen molar-refractivity contribution >= 4 is 0 Å². The van der Waals surface area contributed by atoms with Crippen molar-refractivity contribution in [2.24, 2.45) is 5.92 Å². The molecule has 1 fully saturated rings. The second-order valence-electron chi connectivity index (χ2n) is 3.88. The maximum absolute atomic E-state index is 12.3. The molecule has 1 nitrogen and oxygen atoms in total. The van der Waals surface area contributed by atoms with Gasteiger partial charge in [0.05, 0.1) is 0 Å². The Morgan fingerprint density at radius 1 is 1.31 bits per heavy atom. The zero-order chi connectivity index (χ0) is 10.1. The van der Waals surface area contributed by atoms with Crippen molar-refractivity contribution in [1.29, 1.82) is 0 Å². The Morgan fingerprint density at radius 2 is 1.77 bits per heavy atom. The zero-order valence-corrected chi connectivity index (χ0v) is 7.69. The van der Waals surface area contributed by atoms with Crippen LogP contribution in [0.5, 0.6) is 0 Å². The summed E-state index contributed by atoms with van der Waals surface area (Å²) in [6.07, 6.45) is -2.82. The number of hydrogen-bond acceptors (Lipinski definition) is 1. The maximum atomic E-state index is 12.3. The normalized spacial score (nSPS) is 36.2. The van der Waals surface area contributed by atoms with Crippen LogP contribution >= 0.6 is 0 Å². The van der Waals surface area contributed by atoms with Gasteiger partial charge in [0.2, 0.25) is 0 Å². The lowest BCUT2D eigenvalue weighted by molar-refractivity contribution is -0.272. The fraction of sp³-hybridized carbons (Fsp3) is 1.00. The summed E-state index contributed by atoms with van der Waals surface area (Å²) < 4.78 is 36.9. The highest BCUT2D eigenvalue weighted by molar-refractivity contribution is 4.91. The van der Waals surface area contributed by atoms with E-state index in [1.54, 1.807) is 0 Å². The van der Waals surface area contributed by atoms with Crippen molar-refractivity contribution in [2.75, 3.05) is 0 Å². The van der Waals surface area contributed by atoms with E-state index in [4.69, 9.17) is 0 Å². The fourth-order valence-electron chi connectivity index (χ4n) is 1.85. The molecule has 1 saturated carbocycles. The second-order valence-corrected chi connectivity index (χ2v) is 3.88. The van der Waals surface area contributed by atoms with Gasteiger partial charge in [-0.05, 0) is 31.6 Å². The SMILES string of the molecule is CCC1CCC(O)(C(F)(F)F)CC1. The van der Waals surface area contributed by atoms with Gasteiger partial charge in [-0.25, -0.2) is 0 Å². The minimum absolute atomic E-state index is 0.130. The highest BCUT2D eigenvalue weighted by atomic mass is 19.4. The second kappa shape index (κ2) is 3.48. The van der Waals surface area contributed by atoms with Crippen LogP contribution in [0.3, 0.4) is 0 Å². The van der Waals surface area contributed by atoms with E-state index in [-0.39, 0.29) is 12.8 Å². The van der Waals surface area contributed by atoms with Crippen LogP contribution in [0.2, 0.25) is 0 Å². The maximum Gasteiger partial charge on any atom is 0.417 e. The monoisotopic (exact) mass is 196 g/mol. The summed E-state index contributed by atoms with van der Waals surface area (Å²) in [7, 11) is 0. The molecule has 0 spiro atoms. The average Bonchev–Trinajstić information content (AvgIpc) is 2.04. The third-order valence-electron chi connectivity index (χ3n) is 3.04. The Kier molecular flexibility index (Phi) is 2.90. The molecule has 0 aromatic heterocycles. The van der Waals surface area contributed by atoms with Gasteiger partial charge in [0.1, 0.15) is 0 Å². The highest BCUT2D eigenvalue weighted by Gasteiger charge is 2.54.